The first-order chi connectivity index (χ1) is 9.02. The van der Waals surface area contributed by atoms with E-state index in [1.807, 2.05) is 0 Å². The van der Waals surface area contributed by atoms with Crippen LogP contribution in [0.25, 0.3) is 11.2 Å². The van der Waals surface area contributed by atoms with Crippen molar-refractivity contribution < 1.29 is 4.74 Å². The van der Waals surface area contributed by atoms with Gasteiger partial charge in [-0.05, 0) is 0 Å². The lowest BCUT2D eigenvalue weighted by atomic mass is 10.4. The number of aromatic nitrogens is 4. The van der Waals surface area contributed by atoms with E-state index in [4.69, 9.17) is 10.5 Å². The Kier molecular flexibility index (Phi) is 3.54. The van der Waals surface area contributed by atoms with Gasteiger partial charge in [0.2, 0.25) is 0 Å². The van der Waals surface area contributed by atoms with Gasteiger partial charge in [0.05, 0.1) is 0 Å². The summed E-state index contributed by atoms with van der Waals surface area (Å²) in [5, 5.41) is 0. The van der Waals surface area contributed by atoms with Gasteiger partial charge in [-0.1, -0.05) is 0 Å². The van der Waals surface area contributed by atoms with E-state index < -0.39 is 5.69 Å². The molecule has 0 aromatic carbocycles. The molecule has 0 spiro atoms. The maximum atomic E-state index is 12.2. The molecule has 0 saturated heterocycles. The highest BCUT2D eigenvalue weighted by Crippen LogP contribution is 2.11. The van der Waals surface area contributed by atoms with E-state index in [1.54, 1.807) is 18.7 Å². The summed E-state index contributed by atoms with van der Waals surface area (Å²) >= 11 is 0. The highest BCUT2D eigenvalue weighted by atomic mass is 16.5. The minimum absolute atomic E-state index is 0.256. The minimum atomic E-state index is -0.404. The molecule has 0 saturated carbocycles. The Morgan fingerprint density at radius 3 is 2.53 bits per heavy atom. The summed E-state index contributed by atoms with van der Waals surface area (Å²) in [6, 6.07) is 0. The summed E-state index contributed by atoms with van der Waals surface area (Å²) in [6.07, 6.45) is 0. The molecule has 19 heavy (non-hydrogen) atoms. The van der Waals surface area contributed by atoms with Crippen LogP contribution in [-0.4, -0.2) is 32.3 Å². The second-order valence-electron chi connectivity index (χ2n) is 4.28. The Hall–Kier alpha value is -1.93. The van der Waals surface area contributed by atoms with Crippen LogP contribution in [0.3, 0.4) is 0 Å². The molecule has 0 aliphatic carbocycles. The molecule has 2 aromatic rings. The number of fused-ring (bicyclic) bond motifs is 1. The molecule has 0 radical (unpaired) electrons. The van der Waals surface area contributed by atoms with Gasteiger partial charge in [-0.2, -0.15) is 0 Å². The van der Waals surface area contributed by atoms with Crippen LogP contribution in [0, 0.1) is 0 Å². The summed E-state index contributed by atoms with van der Waals surface area (Å²) in [5.41, 5.74) is 5.52. The fourth-order valence-corrected chi connectivity index (χ4v) is 2.10. The first-order valence-electron chi connectivity index (χ1n) is 5.87. The Labute approximate surface area is 109 Å². The Morgan fingerprint density at radius 2 is 1.95 bits per heavy atom. The number of imidazole rings is 1. The lowest BCUT2D eigenvalue weighted by Gasteiger charge is -2.07. The summed E-state index contributed by atoms with van der Waals surface area (Å²) < 4.78 is 9.19. The third-order valence-corrected chi connectivity index (χ3v) is 3.05. The number of hydrogen-bond acceptors (Lipinski definition) is 5. The quantitative estimate of drug-likeness (QED) is 0.730. The third-order valence-electron chi connectivity index (χ3n) is 3.05. The fraction of sp³-hybridized carbons (Fsp3) is 0.545. The number of hydrogen-bond donors (Lipinski definition) is 1. The predicted molar refractivity (Wildman–Crippen MR) is 70.0 cm³/mol. The average Bonchev–Trinajstić information content (AvgIpc) is 2.74. The molecule has 8 nitrogen and oxygen atoms in total. The van der Waals surface area contributed by atoms with Crippen LogP contribution in [-0.2, 0) is 32.0 Å². The number of ether oxygens (including phenoxy) is 1. The van der Waals surface area contributed by atoms with Crippen LogP contribution in [0.2, 0.25) is 0 Å². The van der Waals surface area contributed by atoms with Crippen LogP contribution in [0.1, 0.15) is 5.82 Å². The summed E-state index contributed by atoms with van der Waals surface area (Å²) in [7, 11) is 4.57. The van der Waals surface area contributed by atoms with Crippen LogP contribution in [0.5, 0.6) is 0 Å². The summed E-state index contributed by atoms with van der Waals surface area (Å²) in [5.74, 6) is 0.584. The normalized spacial score (nSPS) is 11.4. The van der Waals surface area contributed by atoms with E-state index in [9.17, 15) is 9.59 Å². The van der Waals surface area contributed by atoms with Gasteiger partial charge in [0.1, 0.15) is 12.4 Å². The highest BCUT2D eigenvalue weighted by molar-refractivity contribution is 5.71. The summed E-state index contributed by atoms with van der Waals surface area (Å²) in [4.78, 5) is 28.4. The van der Waals surface area contributed by atoms with Crippen molar-refractivity contribution >= 4 is 11.2 Å². The number of rotatable bonds is 4. The lowest BCUT2D eigenvalue weighted by Crippen LogP contribution is -2.37. The SMILES string of the molecule is COCc1nc2c(c(=O)n(C)c(=O)n2C)n1CCN. The largest absolute Gasteiger partial charge is 0.377 e. The van der Waals surface area contributed by atoms with E-state index in [2.05, 4.69) is 4.98 Å². The molecule has 0 unspecified atom stereocenters. The van der Waals surface area contributed by atoms with Crippen LogP contribution >= 0.6 is 0 Å². The molecule has 0 fully saturated rings. The third kappa shape index (κ3) is 1.98. The number of nitrogens with zero attached hydrogens (tertiary/aromatic N) is 4. The van der Waals surface area contributed by atoms with Crippen LogP contribution < -0.4 is 17.0 Å². The Balaban J connectivity index is 2.92. The average molecular weight is 267 g/mol. The highest BCUT2D eigenvalue weighted by Gasteiger charge is 2.18. The maximum Gasteiger partial charge on any atom is 0.332 e. The van der Waals surface area contributed by atoms with Crippen molar-refractivity contribution in [3.05, 3.63) is 26.7 Å². The smallest absolute Gasteiger partial charge is 0.332 e. The minimum Gasteiger partial charge on any atom is -0.377 e. The predicted octanol–water partition coefficient (Wildman–Crippen LogP) is -1.46. The number of nitrogens with two attached hydrogens (primary N) is 1. The topological polar surface area (TPSA) is 97.1 Å². The molecular weight excluding hydrogens is 250 g/mol. The molecular formula is C11H17N5O3. The molecule has 2 rings (SSSR count). The lowest BCUT2D eigenvalue weighted by molar-refractivity contribution is 0.174. The van der Waals surface area contributed by atoms with E-state index in [0.29, 0.717) is 30.1 Å². The molecule has 0 amide bonds. The van der Waals surface area contributed by atoms with E-state index in [-0.39, 0.29) is 12.2 Å². The zero-order valence-electron chi connectivity index (χ0n) is 11.2. The number of aryl methyl sites for hydroxylation is 1. The van der Waals surface area contributed by atoms with Gasteiger partial charge in [-0.25, -0.2) is 9.78 Å². The Morgan fingerprint density at radius 1 is 1.26 bits per heavy atom. The molecule has 0 bridgehead atoms. The van der Waals surface area contributed by atoms with Gasteiger partial charge in [-0.3, -0.25) is 13.9 Å². The monoisotopic (exact) mass is 267 g/mol. The van der Waals surface area contributed by atoms with Crippen molar-refractivity contribution in [3.8, 4) is 0 Å². The van der Waals surface area contributed by atoms with Gasteiger partial charge in [-0.15, -0.1) is 0 Å². The fourth-order valence-electron chi connectivity index (χ4n) is 2.10. The first-order valence-corrected chi connectivity index (χ1v) is 5.87. The van der Waals surface area contributed by atoms with Gasteiger partial charge in [0, 0.05) is 34.3 Å². The van der Waals surface area contributed by atoms with Gasteiger partial charge < -0.3 is 15.0 Å². The van der Waals surface area contributed by atoms with Gasteiger partial charge >= 0.3 is 5.69 Å². The molecule has 0 atom stereocenters. The second-order valence-corrected chi connectivity index (χ2v) is 4.28. The van der Waals surface area contributed by atoms with Crippen molar-refractivity contribution in [2.75, 3.05) is 13.7 Å². The van der Waals surface area contributed by atoms with Gasteiger partial charge in [0.15, 0.2) is 11.2 Å². The number of methoxy groups -OCH3 is 1. The van der Waals surface area contributed by atoms with E-state index in [1.165, 1.54) is 11.6 Å². The Bertz CT molecular complexity index is 724. The van der Waals surface area contributed by atoms with Crippen LogP contribution in [0.4, 0.5) is 0 Å². The van der Waals surface area contributed by atoms with Crippen LogP contribution in [0.15, 0.2) is 9.59 Å². The van der Waals surface area contributed by atoms with E-state index >= 15 is 0 Å². The van der Waals surface area contributed by atoms with Crippen molar-refractivity contribution in [1.29, 1.82) is 0 Å². The molecule has 2 N–H and O–H groups in total. The molecule has 0 aliphatic rings. The molecule has 8 heteroatoms. The molecule has 2 heterocycles. The van der Waals surface area contributed by atoms with Crippen molar-refractivity contribution in [2.45, 2.75) is 13.2 Å². The van der Waals surface area contributed by atoms with Crippen molar-refractivity contribution in [3.63, 3.8) is 0 Å². The zero-order chi connectivity index (χ0) is 14.2. The van der Waals surface area contributed by atoms with E-state index in [0.717, 1.165) is 4.57 Å². The zero-order valence-corrected chi connectivity index (χ0v) is 11.2. The van der Waals surface area contributed by atoms with Crippen molar-refractivity contribution in [2.24, 2.45) is 19.8 Å². The second kappa shape index (κ2) is 4.98. The molecule has 104 valence electrons. The van der Waals surface area contributed by atoms with Crippen molar-refractivity contribution in [1.82, 2.24) is 18.7 Å². The maximum absolute atomic E-state index is 12.2. The molecule has 2 aromatic heterocycles. The standard InChI is InChI=1S/C11H17N5O3/c1-14-9-8(10(17)15(2)11(14)18)16(5-4-12)7(13-9)6-19-3/h4-6,12H2,1-3H3. The molecule has 0 aliphatic heterocycles. The summed E-state index contributed by atoms with van der Waals surface area (Å²) in [6.45, 7) is 1.07. The van der Waals surface area contributed by atoms with Gasteiger partial charge in [0.25, 0.3) is 5.56 Å². The first kappa shape index (κ1) is 13.5.